The van der Waals surface area contributed by atoms with E-state index in [4.69, 9.17) is 23.3 Å². The molecular formula is C25H24NO5PW. The molecule has 0 aliphatic carbocycles. The summed E-state index contributed by atoms with van der Waals surface area (Å²) in [6, 6.07) is 23.3. The van der Waals surface area contributed by atoms with Gasteiger partial charge in [0.05, 0.1) is 5.42 Å². The fourth-order valence-electron chi connectivity index (χ4n) is 3.30. The number of anilines is 1. The van der Waals surface area contributed by atoms with Crippen molar-refractivity contribution in [2.45, 2.75) is 39.8 Å². The van der Waals surface area contributed by atoms with E-state index < -0.39 is 7.53 Å². The second kappa shape index (κ2) is 24.3. The molecule has 1 unspecified atom stereocenters. The molecule has 0 saturated carbocycles. The van der Waals surface area contributed by atoms with E-state index in [9.17, 15) is 0 Å². The molecule has 0 spiro atoms. The van der Waals surface area contributed by atoms with Gasteiger partial charge in [-0.15, -0.1) is 0 Å². The summed E-state index contributed by atoms with van der Waals surface area (Å²) in [6.07, 6.45) is 0. The van der Waals surface area contributed by atoms with Gasteiger partial charge in [0.25, 0.3) is 0 Å². The summed E-state index contributed by atoms with van der Waals surface area (Å²) < 4.78 is 37.5. The zero-order chi connectivity index (χ0) is 25.7. The van der Waals surface area contributed by atoms with Crippen molar-refractivity contribution in [1.29, 1.82) is 0 Å². The van der Waals surface area contributed by atoms with Crippen LogP contribution in [0.5, 0.6) is 0 Å². The smallest absolute Gasteiger partial charge is 0 e. The minimum atomic E-state index is -0.437. The molecule has 33 heavy (non-hydrogen) atoms. The van der Waals surface area contributed by atoms with Crippen LogP contribution in [0.3, 0.4) is 0 Å². The molecule has 0 N–H and O–H groups in total. The molecule has 0 bridgehead atoms. The number of nitrogens with zero attached hydrogens (tertiary/aromatic N) is 1. The molecule has 1 heterocycles. The van der Waals surface area contributed by atoms with Gasteiger partial charge in [-0.05, 0) is 45.2 Å². The molecule has 3 rings (SSSR count). The zero-order valence-corrected chi connectivity index (χ0v) is 22.6. The maximum Gasteiger partial charge on any atom is 0 e. The second-order valence-electron chi connectivity index (χ2n) is 6.33. The fourth-order valence-corrected chi connectivity index (χ4v) is 6.16. The van der Waals surface area contributed by atoms with Crippen molar-refractivity contribution in [1.82, 2.24) is 0 Å². The van der Waals surface area contributed by atoms with Crippen molar-refractivity contribution in [3.05, 3.63) is 93.9 Å². The van der Waals surface area contributed by atoms with Gasteiger partial charge in [-0.1, -0.05) is 56.1 Å². The van der Waals surface area contributed by atoms with Crippen molar-refractivity contribution in [3.63, 3.8) is 0 Å². The maximum atomic E-state index is 7.50. The third-order valence-electron chi connectivity index (χ3n) is 4.08. The Hall–Kier alpha value is -2.33. The Balaban J connectivity index is -0.000000340. The Morgan fingerprint density at radius 2 is 1.03 bits per heavy atom. The predicted octanol–water partition coefficient (Wildman–Crippen LogP) is 6.25. The van der Waals surface area contributed by atoms with Gasteiger partial charge in [-0.25, -0.2) is 0 Å². The average Bonchev–Trinajstić information content (AvgIpc) is 3.24. The fraction of sp³-hybridized carbons (Fsp3) is 0.240. The standard InChI is InChI=1S/C20H24NP.5CO.W/c1-15(2)21(16(3)4)20-14-17-10-8-9-13-19(17)22(20)18-11-6-5-7-12-18;5*1-2;/h5-16H,1-4H3;;;;;;. The predicted molar refractivity (Wildman–Crippen MR) is 120 cm³/mol. The first-order valence-electron chi connectivity index (χ1n) is 9.06. The Bertz CT molecular complexity index is 946. The van der Waals surface area contributed by atoms with Gasteiger partial charge >= 0.3 is 56.5 Å². The van der Waals surface area contributed by atoms with Crippen LogP contribution in [0.25, 0.3) is 15.8 Å². The van der Waals surface area contributed by atoms with Gasteiger partial charge in [-0.3, -0.25) is 0 Å². The topological polar surface area (TPSA) is 103 Å². The van der Waals surface area contributed by atoms with E-state index in [1.165, 1.54) is 21.2 Å². The Morgan fingerprint density at radius 1 is 0.636 bits per heavy atom. The molecule has 0 saturated heterocycles. The number of rotatable bonds is 4. The summed E-state index contributed by atoms with van der Waals surface area (Å²) in [6.45, 7) is 31.7. The first-order valence-corrected chi connectivity index (χ1v) is 10.4. The van der Waals surface area contributed by atoms with Crippen molar-refractivity contribution in [2.75, 3.05) is 4.90 Å². The molecule has 0 aliphatic heterocycles. The van der Waals surface area contributed by atoms with Gasteiger partial charge in [0.1, 0.15) is 0 Å². The van der Waals surface area contributed by atoms with E-state index in [0.29, 0.717) is 12.1 Å². The maximum absolute atomic E-state index is 7.50. The van der Waals surface area contributed by atoms with E-state index in [1.54, 1.807) is 0 Å². The quantitative estimate of drug-likeness (QED) is 0.246. The van der Waals surface area contributed by atoms with E-state index in [2.05, 4.69) is 127 Å². The zero-order valence-electron chi connectivity index (χ0n) is 18.8. The van der Waals surface area contributed by atoms with Crippen LogP contribution in [0, 0.1) is 33.3 Å². The van der Waals surface area contributed by atoms with E-state index in [-0.39, 0.29) is 21.1 Å². The van der Waals surface area contributed by atoms with Crippen LogP contribution >= 0.6 is 7.53 Å². The Morgan fingerprint density at radius 3 is 1.45 bits per heavy atom. The monoisotopic (exact) mass is 633 g/mol. The molecular weight excluding hydrogens is 609 g/mol. The molecule has 8 heteroatoms. The van der Waals surface area contributed by atoms with Crippen LogP contribution in [-0.4, -0.2) is 12.1 Å². The van der Waals surface area contributed by atoms with E-state index in [0.717, 1.165) is 0 Å². The largest absolute Gasteiger partial charge is 0 e. The normalized spacial score (nSPS) is 8.55. The van der Waals surface area contributed by atoms with Crippen LogP contribution in [0.2, 0.25) is 0 Å². The summed E-state index contributed by atoms with van der Waals surface area (Å²) in [5.74, 6) is 0. The van der Waals surface area contributed by atoms with Crippen molar-refractivity contribution >= 4 is 23.5 Å². The van der Waals surface area contributed by atoms with Gasteiger partial charge in [0.2, 0.25) is 0 Å². The van der Waals surface area contributed by atoms with Gasteiger partial charge in [0.15, 0.2) is 0 Å². The van der Waals surface area contributed by atoms with Crippen LogP contribution in [0.1, 0.15) is 27.7 Å². The van der Waals surface area contributed by atoms with Crippen LogP contribution < -0.4 is 4.90 Å². The van der Waals surface area contributed by atoms with Crippen LogP contribution in [0.4, 0.5) is 5.42 Å². The summed E-state index contributed by atoms with van der Waals surface area (Å²) >= 11 is 0. The van der Waals surface area contributed by atoms with Crippen LogP contribution in [0.15, 0.2) is 60.7 Å². The number of fused-ring (bicyclic) bond motifs is 1. The average molecular weight is 633 g/mol. The molecule has 170 valence electrons. The van der Waals surface area contributed by atoms with E-state index in [1.807, 2.05) is 0 Å². The SMILES string of the molecule is CC(C)N(c1cc2ccccc2p1-c1ccccc1)C(C)C.[C-]#[O+].[C-]#[O+].[C-]#[O+].[C-]#[O+].[C-]#[O+].[W]. The molecule has 1 aromatic heterocycles. The number of hydrogen-bond donors (Lipinski definition) is 0. The van der Waals surface area contributed by atoms with Gasteiger partial charge in [-0.2, -0.15) is 0 Å². The minimum Gasteiger partial charge on any atom is 0 e. The third kappa shape index (κ3) is 11.4. The summed E-state index contributed by atoms with van der Waals surface area (Å²) in [5.41, 5.74) is 1.49. The van der Waals surface area contributed by atoms with Crippen molar-refractivity contribution < 1.29 is 44.3 Å². The minimum absolute atomic E-state index is 0. The van der Waals surface area contributed by atoms with Crippen molar-refractivity contribution in [2.24, 2.45) is 0 Å². The molecule has 0 radical (unpaired) electrons. The molecule has 0 fully saturated rings. The van der Waals surface area contributed by atoms with E-state index >= 15 is 0 Å². The molecule has 1 atom stereocenters. The van der Waals surface area contributed by atoms with Gasteiger partial charge < -0.3 is 4.90 Å². The Kier molecular flexibility index (Phi) is 28.0. The second-order valence-corrected chi connectivity index (χ2v) is 8.45. The third-order valence-corrected chi connectivity index (χ3v) is 6.60. The number of benzene rings is 2. The summed E-state index contributed by atoms with van der Waals surface area (Å²) in [7, 11) is -0.437. The molecule has 3 aromatic rings. The summed E-state index contributed by atoms with van der Waals surface area (Å²) in [5, 5.41) is 4.32. The molecule has 0 aliphatic rings. The van der Waals surface area contributed by atoms with Crippen molar-refractivity contribution in [3.8, 4) is 5.30 Å². The first kappa shape index (κ1) is 38.0. The Labute approximate surface area is 211 Å². The molecule has 0 amide bonds. The summed E-state index contributed by atoms with van der Waals surface area (Å²) in [4.78, 5) is 2.58. The first-order chi connectivity index (χ1) is 15.6. The van der Waals surface area contributed by atoms with Crippen LogP contribution in [-0.2, 0) is 44.3 Å². The number of hydrogen-bond acceptors (Lipinski definition) is 1. The van der Waals surface area contributed by atoms with Gasteiger partial charge in [0, 0.05) is 43.6 Å². The molecule has 2 aromatic carbocycles. The molecule has 6 nitrogen and oxygen atoms in total.